The molecule has 96 valence electrons. The summed E-state index contributed by atoms with van der Waals surface area (Å²) in [5, 5.41) is 0. The Balaban J connectivity index is 3.49. The molecule has 0 saturated heterocycles. The fourth-order valence-corrected chi connectivity index (χ4v) is 2.95. The Morgan fingerprint density at radius 2 is 1.44 bits per heavy atom. The van der Waals surface area contributed by atoms with Gasteiger partial charge in [-0.05, 0) is 12.8 Å². The number of allylic oxidation sites excluding steroid dienone is 1. The van der Waals surface area contributed by atoms with Gasteiger partial charge in [0.25, 0.3) is 0 Å². The molecule has 0 spiro atoms. The third-order valence-corrected chi connectivity index (χ3v) is 4.40. The highest BCUT2D eigenvalue weighted by Crippen LogP contribution is 2.04. The van der Waals surface area contributed by atoms with Crippen LogP contribution in [0.5, 0.6) is 0 Å². The van der Waals surface area contributed by atoms with E-state index in [0.717, 1.165) is 32.1 Å². The van der Waals surface area contributed by atoms with Crippen molar-refractivity contribution in [1.82, 2.24) is 0 Å². The molecule has 0 unspecified atom stereocenters. The molecule has 0 fully saturated rings. The molecule has 0 aliphatic rings. The number of hydrogen-bond donors (Lipinski definition) is 0. The van der Waals surface area contributed by atoms with E-state index < -0.39 is 9.28 Å². The maximum Gasteiger partial charge on any atom is 0.325 e. The van der Waals surface area contributed by atoms with Crippen LogP contribution in [0.15, 0.2) is 12.7 Å². The molecule has 0 aliphatic heterocycles. The minimum Gasteiger partial charge on any atom is -0.396 e. The van der Waals surface area contributed by atoms with Gasteiger partial charge in [-0.25, -0.2) is 0 Å². The van der Waals surface area contributed by atoms with E-state index in [4.69, 9.17) is 8.85 Å². The van der Waals surface area contributed by atoms with Crippen molar-refractivity contribution in [2.45, 2.75) is 58.4 Å². The highest BCUT2D eigenvalue weighted by Gasteiger charge is 2.10. The van der Waals surface area contributed by atoms with Gasteiger partial charge in [-0.15, -0.1) is 6.58 Å². The zero-order chi connectivity index (χ0) is 12.1. The lowest BCUT2D eigenvalue weighted by Gasteiger charge is -2.15. The largest absolute Gasteiger partial charge is 0.396 e. The van der Waals surface area contributed by atoms with Crippen molar-refractivity contribution in [2.75, 3.05) is 13.2 Å². The van der Waals surface area contributed by atoms with E-state index in [1.807, 2.05) is 6.08 Å². The molecule has 0 bridgehead atoms. The van der Waals surface area contributed by atoms with E-state index in [2.05, 4.69) is 20.4 Å². The molecule has 0 aliphatic carbocycles. The first-order valence-corrected chi connectivity index (χ1v) is 8.45. The molecule has 0 heterocycles. The standard InChI is InChI=1S/C13H28O2Si/c1-4-7-9-11-14-16(13-6-3)15-12-10-8-5-2/h6,16H,3-5,7-13H2,1-2H3. The van der Waals surface area contributed by atoms with Gasteiger partial charge >= 0.3 is 9.28 Å². The molecular weight excluding hydrogens is 216 g/mol. The Bertz CT molecular complexity index is 139. The highest BCUT2D eigenvalue weighted by molar-refractivity contribution is 6.44. The van der Waals surface area contributed by atoms with Gasteiger partial charge in [0.1, 0.15) is 0 Å². The topological polar surface area (TPSA) is 18.5 Å². The Morgan fingerprint density at radius 3 is 1.81 bits per heavy atom. The van der Waals surface area contributed by atoms with Crippen molar-refractivity contribution >= 4 is 9.28 Å². The van der Waals surface area contributed by atoms with E-state index >= 15 is 0 Å². The van der Waals surface area contributed by atoms with Gasteiger partial charge in [0.05, 0.1) is 0 Å². The van der Waals surface area contributed by atoms with Gasteiger partial charge in [-0.3, -0.25) is 0 Å². The van der Waals surface area contributed by atoms with Crippen molar-refractivity contribution < 1.29 is 8.85 Å². The lowest BCUT2D eigenvalue weighted by atomic mass is 10.3. The van der Waals surface area contributed by atoms with Gasteiger partial charge in [0.15, 0.2) is 0 Å². The summed E-state index contributed by atoms with van der Waals surface area (Å²) in [6, 6.07) is 0.929. The molecule has 0 aromatic rings. The molecule has 0 amide bonds. The highest BCUT2D eigenvalue weighted by atomic mass is 28.3. The van der Waals surface area contributed by atoms with Gasteiger partial charge in [-0.1, -0.05) is 45.6 Å². The average molecular weight is 244 g/mol. The Hall–Kier alpha value is -0.123. The van der Waals surface area contributed by atoms with Crippen LogP contribution in [0.1, 0.15) is 52.4 Å². The average Bonchev–Trinajstić information content (AvgIpc) is 2.30. The number of rotatable bonds is 12. The van der Waals surface area contributed by atoms with Crippen LogP contribution in [0.3, 0.4) is 0 Å². The zero-order valence-corrected chi connectivity index (χ0v) is 12.2. The van der Waals surface area contributed by atoms with Crippen molar-refractivity contribution in [3.63, 3.8) is 0 Å². The monoisotopic (exact) mass is 244 g/mol. The summed E-state index contributed by atoms with van der Waals surface area (Å²) in [6.07, 6.45) is 9.25. The van der Waals surface area contributed by atoms with Gasteiger partial charge in [0, 0.05) is 19.3 Å². The molecule has 0 saturated carbocycles. The fraction of sp³-hybridized carbons (Fsp3) is 0.846. The van der Waals surface area contributed by atoms with E-state index in [-0.39, 0.29) is 0 Å². The summed E-state index contributed by atoms with van der Waals surface area (Å²) in [6.45, 7) is 9.92. The SMILES string of the molecule is C=CC[SiH](OCCCCC)OCCCCC. The first-order valence-electron chi connectivity index (χ1n) is 6.69. The maximum atomic E-state index is 5.81. The first-order chi connectivity index (χ1) is 7.85. The molecule has 0 atom stereocenters. The minimum atomic E-state index is -1.44. The van der Waals surface area contributed by atoms with Gasteiger partial charge < -0.3 is 8.85 Å². The third kappa shape index (κ3) is 10.4. The summed E-state index contributed by atoms with van der Waals surface area (Å²) in [7, 11) is -1.44. The second-order valence-corrected chi connectivity index (χ2v) is 6.11. The van der Waals surface area contributed by atoms with Crippen LogP contribution < -0.4 is 0 Å². The second kappa shape index (κ2) is 12.9. The molecule has 0 radical (unpaired) electrons. The molecule has 3 heteroatoms. The van der Waals surface area contributed by atoms with Crippen LogP contribution in [0.4, 0.5) is 0 Å². The summed E-state index contributed by atoms with van der Waals surface area (Å²) in [5.74, 6) is 0. The fourth-order valence-electron chi connectivity index (χ4n) is 1.45. The minimum absolute atomic E-state index is 0.867. The number of unbranched alkanes of at least 4 members (excludes halogenated alkanes) is 4. The molecule has 2 nitrogen and oxygen atoms in total. The van der Waals surface area contributed by atoms with Gasteiger partial charge in [0.2, 0.25) is 0 Å². The van der Waals surface area contributed by atoms with Crippen LogP contribution in [0, 0.1) is 0 Å². The molecule has 0 N–H and O–H groups in total. The predicted octanol–water partition coefficient (Wildman–Crippen LogP) is 3.81. The summed E-state index contributed by atoms with van der Waals surface area (Å²) < 4.78 is 11.6. The Kier molecular flexibility index (Phi) is 12.8. The smallest absolute Gasteiger partial charge is 0.325 e. The van der Waals surface area contributed by atoms with Crippen LogP contribution in [0.25, 0.3) is 0 Å². The third-order valence-electron chi connectivity index (χ3n) is 2.46. The molecule has 0 aromatic carbocycles. The lowest BCUT2D eigenvalue weighted by molar-refractivity contribution is 0.192. The predicted molar refractivity (Wildman–Crippen MR) is 73.1 cm³/mol. The van der Waals surface area contributed by atoms with E-state index in [9.17, 15) is 0 Å². The van der Waals surface area contributed by atoms with Crippen LogP contribution in [-0.2, 0) is 8.85 Å². The summed E-state index contributed by atoms with van der Waals surface area (Å²) in [5.41, 5.74) is 0. The lowest BCUT2D eigenvalue weighted by Crippen LogP contribution is -2.23. The summed E-state index contributed by atoms with van der Waals surface area (Å²) in [4.78, 5) is 0. The molecule has 16 heavy (non-hydrogen) atoms. The molecule has 0 aromatic heterocycles. The summed E-state index contributed by atoms with van der Waals surface area (Å²) >= 11 is 0. The van der Waals surface area contributed by atoms with E-state index in [0.29, 0.717) is 0 Å². The zero-order valence-electron chi connectivity index (χ0n) is 11.0. The number of hydrogen-bond acceptors (Lipinski definition) is 2. The van der Waals surface area contributed by atoms with E-state index in [1.165, 1.54) is 25.7 Å². The van der Waals surface area contributed by atoms with E-state index in [1.54, 1.807) is 0 Å². The normalized spacial score (nSPS) is 10.9. The Labute approximate surface area is 103 Å². The second-order valence-electron chi connectivity index (χ2n) is 4.11. The van der Waals surface area contributed by atoms with Crippen molar-refractivity contribution in [2.24, 2.45) is 0 Å². The van der Waals surface area contributed by atoms with Crippen LogP contribution in [0.2, 0.25) is 6.04 Å². The molecular formula is C13H28O2Si. The maximum absolute atomic E-state index is 5.81. The van der Waals surface area contributed by atoms with Crippen molar-refractivity contribution in [1.29, 1.82) is 0 Å². The van der Waals surface area contributed by atoms with Gasteiger partial charge in [-0.2, -0.15) is 0 Å². The van der Waals surface area contributed by atoms with Crippen LogP contribution in [-0.4, -0.2) is 22.5 Å². The molecule has 0 rings (SSSR count). The van der Waals surface area contributed by atoms with Crippen molar-refractivity contribution in [3.8, 4) is 0 Å². The first kappa shape index (κ1) is 15.9. The Morgan fingerprint density at radius 1 is 0.938 bits per heavy atom. The van der Waals surface area contributed by atoms with Crippen molar-refractivity contribution in [3.05, 3.63) is 12.7 Å². The van der Waals surface area contributed by atoms with Crippen LogP contribution >= 0.6 is 0 Å². The quantitative estimate of drug-likeness (QED) is 0.295.